The first-order valence-electron chi connectivity index (χ1n) is 15.1. The molecule has 8 rings (SSSR count). The average Bonchev–Trinajstić information content (AvgIpc) is 3.64. The normalized spacial score (nSPS) is 15.9. The summed E-state index contributed by atoms with van der Waals surface area (Å²) in [4.78, 5) is 30.6. The van der Waals surface area contributed by atoms with Crippen LogP contribution in [0.25, 0.3) is 22.7 Å². The van der Waals surface area contributed by atoms with Gasteiger partial charge < -0.3 is 4.74 Å². The molecular weight excluding hydrogens is 649 g/mol. The van der Waals surface area contributed by atoms with Gasteiger partial charge in [-0.2, -0.15) is 0 Å². The number of para-hydroxylation sites is 2. The van der Waals surface area contributed by atoms with Gasteiger partial charge in [0.05, 0.1) is 38.7 Å². The molecule has 6 aromatic rings. The van der Waals surface area contributed by atoms with Crippen molar-refractivity contribution in [3.05, 3.63) is 161 Å². The van der Waals surface area contributed by atoms with Crippen molar-refractivity contribution < 1.29 is 18.1 Å². The molecule has 0 radical (unpaired) electrons. The van der Waals surface area contributed by atoms with Crippen LogP contribution in [-0.4, -0.2) is 29.0 Å². The minimum absolute atomic E-state index is 0.217. The molecule has 0 saturated heterocycles. The summed E-state index contributed by atoms with van der Waals surface area (Å²) in [5.74, 6) is 0.666. The second-order valence-corrected chi connectivity index (χ2v) is 14.3. The van der Waals surface area contributed by atoms with Gasteiger partial charge >= 0.3 is 0 Å². The van der Waals surface area contributed by atoms with Crippen LogP contribution in [0, 0.1) is 10.1 Å². The number of nitrogens with zero attached hydrogens (tertiary/aromatic N) is 4. The summed E-state index contributed by atoms with van der Waals surface area (Å²) in [6, 6.07) is 27.3. The number of rotatable bonds is 6. The van der Waals surface area contributed by atoms with E-state index in [0.717, 1.165) is 45.3 Å². The predicted octanol–water partition coefficient (Wildman–Crippen LogP) is 5.43. The quantitative estimate of drug-likeness (QED) is 0.172. The molecule has 0 spiro atoms. The summed E-state index contributed by atoms with van der Waals surface area (Å²) in [5.41, 5.74) is 5.31. The third-order valence-electron chi connectivity index (χ3n) is 8.89. The van der Waals surface area contributed by atoms with E-state index in [2.05, 4.69) is 12.1 Å². The molecule has 238 valence electrons. The highest BCUT2D eigenvalue weighted by Gasteiger charge is 2.34. The molecule has 48 heavy (non-hydrogen) atoms. The Bertz CT molecular complexity index is 2650. The number of thiazole rings is 1. The van der Waals surface area contributed by atoms with Crippen molar-refractivity contribution in [3.63, 3.8) is 0 Å². The van der Waals surface area contributed by atoms with E-state index in [1.807, 2.05) is 36.4 Å². The number of fused-ring (bicyclic) bond motifs is 4. The highest BCUT2D eigenvalue weighted by atomic mass is 32.2. The third-order valence-corrected chi connectivity index (χ3v) is 11.5. The van der Waals surface area contributed by atoms with E-state index in [4.69, 9.17) is 9.73 Å². The Morgan fingerprint density at radius 3 is 2.58 bits per heavy atom. The summed E-state index contributed by atoms with van der Waals surface area (Å²) in [6.07, 6.45) is 4.70. The molecule has 2 aromatic heterocycles. The van der Waals surface area contributed by atoms with Crippen LogP contribution in [0.3, 0.4) is 0 Å². The van der Waals surface area contributed by atoms with E-state index in [0.29, 0.717) is 31.5 Å². The third kappa shape index (κ3) is 4.63. The van der Waals surface area contributed by atoms with Crippen LogP contribution in [0.4, 0.5) is 5.69 Å². The fourth-order valence-corrected chi connectivity index (χ4v) is 9.10. The molecule has 0 N–H and O–H groups in total. The Morgan fingerprint density at radius 1 is 0.979 bits per heavy atom. The molecule has 0 bridgehead atoms. The van der Waals surface area contributed by atoms with Crippen LogP contribution in [0.5, 0.6) is 5.75 Å². The predicted molar refractivity (Wildman–Crippen MR) is 183 cm³/mol. The van der Waals surface area contributed by atoms with Crippen molar-refractivity contribution >= 4 is 49.7 Å². The molecule has 10 nitrogen and oxygen atoms in total. The number of non-ortho nitro benzene ring substituents is 1. The van der Waals surface area contributed by atoms with Crippen LogP contribution in [0.15, 0.2) is 124 Å². The Morgan fingerprint density at radius 2 is 1.75 bits per heavy atom. The van der Waals surface area contributed by atoms with Crippen LogP contribution < -0.4 is 19.6 Å². The summed E-state index contributed by atoms with van der Waals surface area (Å²) in [6.45, 7) is 0. The number of aromatic nitrogens is 2. The van der Waals surface area contributed by atoms with E-state index < -0.39 is 21.0 Å². The fourth-order valence-electron chi connectivity index (χ4n) is 6.69. The van der Waals surface area contributed by atoms with Gasteiger partial charge in [-0.25, -0.2) is 17.4 Å². The largest absolute Gasteiger partial charge is 0.496 e. The van der Waals surface area contributed by atoms with Crippen LogP contribution in [-0.2, 0) is 16.4 Å². The topological polar surface area (TPSA) is 126 Å². The monoisotopic (exact) mass is 674 g/mol. The first-order chi connectivity index (χ1) is 23.3. The van der Waals surface area contributed by atoms with E-state index >= 15 is 0 Å². The van der Waals surface area contributed by atoms with E-state index in [1.54, 1.807) is 42.0 Å². The minimum Gasteiger partial charge on any atom is -0.496 e. The molecule has 0 unspecified atom stereocenters. The number of aryl methyl sites for hydroxylation is 1. The first kappa shape index (κ1) is 29.8. The van der Waals surface area contributed by atoms with Gasteiger partial charge in [-0.05, 0) is 48.3 Å². The molecule has 0 saturated carbocycles. The van der Waals surface area contributed by atoms with Crippen molar-refractivity contribution in [3.8, 4) is 5.75 Å². The van der Waals surface area contributed by atoms with Crippen molar-refractivity contribution in [2.45, 2.75) is 23.8 Å². The molecule has 2 aliphatic rings. The highest BCUT2D eigenvalue weighted by Crippen LogP contribution is 2.43. The average molecular weight is 675 g/mol. The number of benzene rings is 4. The van der Waals surface area contributed by atoms with Gasteiger partial charge in [-0.1, -0.05) is 78.1 Å². The number of hydrogen-bond donors (Lipinski definition) is 0. The maximum absolute atomic E-state index is 14.4. The van der Waals surface area contributed by atoms with Gasteiger partial charge in [0.25, 0.3) is 21.3 Å². The van der Waals surface area contributed by atoms with Gasteiger partial charge in [-0.3, -0.25) is 19.5 Å². The number of nitro benzene ring substituents is 1. The van der Waals surface area contributed by atoms with Gasteiger partial charge in [0.2, 0.25) is 0 Å². The lowest BCUT2D eigenvalue weighted by Crippen LogP contribution is -2.38. The molecular formula is C36H26N4O6S2. The first-order valence-corrected chi connectivity index (χ1v) is 17.4. The standard InChI is InChI=1S/C36H26N4O6S2/c1-46-31-16-7-5-14-28(31)34-29-18-17-22-9-2-3-13-27(22)33(29)37-36-39(34)35(41)32(47-36)19-23-21-38(30-15-6-4-12-26(23)30)48(44,45)25-11-8-10-24(20-25)40(42)43/h2-16,19-21,34H,17-18H2,1H3/b32-19+/t34-/m1/s1. The Labute approximate surface area is 278 Å². The van der Waals surface area contributed by atoms with Crippen molar-refractivity contribution in [2.75, 3.05) is 7.11 Å². The van der Waals surface area contributed by atoms with Crippen molar-refractivity contribution in [1.82, 2.24) is 8.54 Å². The molecule has 1 atom stereocenters. The van der Waals surface area contributed by atoms with Gasteiger partial charge in [-0.15, -0.1) is 0 Å². The molecule has 1 aliphatic heterocycles. The number of hydrogen-bond acceptors (Lipinski definition) is 8. The zero-order valence-corrected chi connectivity index (χ0v) is 27.1. The number of allylic oxidation sites excluding steroid dienone is 1. The van der Waals surface area contributed by atoms with Gasteiger partial charge in [0.1, 0.15) is 5.75 Å². The fraction of sp³-hybridized carbons (Fsp3) is 0.111. The number of methoxy groups -OCH3 is 1. The lowest BCUT2D eigenvalue weighted by Gasteiger charge is -2.31. The molecule has 0 amide bonds. The lowest BCUT2D eigenvalue weighted by atomic mass is 9.83. The maximum Gasteiger partial charge on any atom is 0.271 e. The van der Waals surface area contributed by atoms with Gasteiger partial charge in [0.15, 0.2) is 4.80 Å². The smallest absolute Gasteiger partial charge is 0.271 e. The van der Waals surface area contributed by atoms with Gasteiger partial charge in [0, 0.05) is 40.4 Å². The minimum atomic E-state index is -4.23. The Hall–Kier alpha value is -5.59. The molecule has 12 heteroatoms. The van der Waals surface area contributed by atoms with E-state index in [-0.39, 0.29) is 16.1 Å². The summed E-state index contributed by atoms with van der Waals surface area (Å²) >= 11 is 1.25. The highest BCUT2D eigenvalue weighted by molar-refractivity contribution is 7.90. The van der Waals surface area contributed by atoms with Crippen LogP contribution in [0.1, 0.15) is 34.7 Å². The molecule has 4 aromatic carbocycles. The zero-order valence-electron chi connectivity index (χ0n) is 25.4. The summed E-state index contributed by atoms with van der Waals surface area (Å²) < 4.78 is 36.7. The number of ether oxygens (including phenoxy) is 1. The van der Waals surface area contributed by atoms with Crippen molar-refractivity contribution in [1.29, 1.82) is 0 Å². The SMILES string of the molecule is COc1ccccc1[C@@H]1C2=C(N=c3s/c(=C/c4cn(S(=O)(=O)c5cccc([N+](=O)[O-])c5)c5ccccc45)c(=O)n31)c1ccccc1CC2. The Kier molecular flexibility index (Phi) is 7.00. The van der Waals surface area contributed by atoms with Crippen LogP contribution >= 0.6 is 11.3 Å². The summed E-state index contributed by atoms with van der Waals surface area (Å²) in [7, 11) is -2.61. The second-order valence-electron chi connectivity index (χ2n) is 11.5. The molecule has 0 fully saturated rings. The van der Waals surface area contributed by atoms with E-state index in [1.165, 1.54) is 41.3 Å². The van der Waals surface area contributed by atoms with Crippen molar-refractivity contribution in [2.24, 2.45) is 4.99 Å². The summed E-state index contributed by atoms with van der Waals surface area (Å²) in [5, 5.41) is 12.0. The zero-order chi connectivity index (χ0) is 33.2. The molecule has 1 aliphatic carbocycles. The lowest BCUT2D eigenvalue weighted by molar-refractivity contribution is -0.385. The van der Waals surface area contributed by atoms with Crippen LogP contribution in [0.2, 0.25) is 0 Å². The van der Waals surface area contributed by atoms with E-state index in [9.17, 15) is 23.3 Å². The number of nitro groups is 1. The Balaban J connectivity index is 1.35. The maximum atomic E-state index is 14.4. The second kappa shape index (κ2) is 11.3. The molecule has 3 heterocycles.